The van der Waals surface area contributed by atoms with Crippen molar-refractivity contribution >= 4 is 13.7 Å². The third-order valence-corrected chi connectivity index (χ3v) is 9.81. The van der Waals surface area contributed by atoms with E-state index in [1.54, 1.807) is 0 Å². The summed E-state index contributed by atoms with van der Waals surface area (Å²) in [5.74, 6) is -0.167. The SMILES string of the molecule is CCCCCCCCCCCCCCCCC(O)C(COP(=O)([O-])OCC[N+](C)(C)C)NC(=O)CCCCCCCCCCCC. The minimum Gasteiger partial charge on any atom is -0.756 e. The van der Waals surface area contributed by atoms with Crippen molar-refractivity contribution in [2.45, 2.75) is 193 Å². The van der Waals surface area contributed by atoms with Crippen LogP contribution < -0.4 is 10.2 Å². The molecule has 0 aliphatic carbocycles. The fraction of sp³-hybridized carbons (Fsp3) is 0.973. The lowest BCUT2D eigenvalue weighted by atomic mass is 10.0. The van der Waals surface area contributed by atoms with Gasteiger partial charge in [-0.3, -0.25) is 9.36 Å². The van der Waals surface area contributed by atoms with Crippen LogP contribution in [0.5, 0.6) is 0 Å². The van der Waals surface area contributed by atoms with Crippen LogP contribution >= 0.6 is 7.82 Å². The first kappa shape index (κ1) is 45.5. The first-order valence-corrected chi connectivity index (χ1v) is 20.8. The van der Waals surface area contributed by atoms with Crippen LogP contribution in [0.3, 0.4) is 0 Å². The molecule has 0 radical (unpaired) electrons. The summed E-state index contributed by atoms with van der Waals surface area (Å²) in [6.07, 6.45) is 29.5. The molecule has 0 aromatic rings. The van der Waals surface area contributed by atoms with Gasteiger partial charge in [0.1, 0.15) is 13.2 Å². The van der Waals surface area contributed by atoms with E-state index >= 15 is 0 Å². The lowest BCUT2D eigenvalue weighted by Crippen LogP contribution is -2.46. The maximum Gasteiger partial charge on any atom is 0.268 e. The van der Waals surface area contributed by atoms with Crippen molar-refractivity contribution in [3.05, 3.63) is 0 Å². The molecule has 0 saturated carbocycles. The van der Waals surface area contributed by atoms with Gasteiger partial charge in [-0.1, -0.05) is 162 Å². The van der Waals surface area contributed by atoms with Crippen LogP contribution in [-0.2, 0) is 18.4 Å². The average Bonchev–Trinajstić information content (AvgIpc) is 2.99. The second kappa shape index (κ2) is 30.6. The van der Waals surface area contributed by atoms with Crippen LogP contribution in [0.1, 0.15) is 181 Å². The highest BCUT2D eigenvalue weighted by atomic mass is 31.2. The zero-order valence-corrected chi connectivity index (χ0v) is 31.9. The molecule has 0 spiro atoms. The molecule has 3 unspecified atom stereocenters. The fourth-order valence-corrected chi connectivity index (χ4v) is 6.41. The molecule has 9 heteroatoms. The number of unbranched alkanes of at least 4 members (excludes halogenated alkanes) is 22. The molecule has 276 valence electrons. The Morgan fingerprint density at radius 1 is 0.674 bits per heavy atom. The van der Waals surface area contributed by atoms with E-state index in [9.17, 15) is 19.4 Å². The number of hydrogen-bond acceptors (Lipinski definition) is 6. The monoisotopic (exact) mass is 677 g/mol. The van der Waals surface area contributed by atoms with Gasteiger partial charge in [0.2, 0.25) is 5.91 Å². The zero-order valence-electron chi connectivity index (χ0n) is 31.0. The van der Waals surface area contributed by atoms with Gasteiger partial charge < -0.3 is 28.8 Å². The summed E-state index contributed by atoms with van der Waals surface area (Å²) in [6, 6.07) is -0.790. The van der Waals surface area contributed by atoms with Crippen molar-refractivity contribution < 1.29 is 32.9 Å². The Kier molecular flexibility index (Phi) is 30.2. The number of nitrogens with zero attached hydrogens (tertiary/aromatic N) is 1. The van der Waals surface area contributed by atoms with Gasteiger partial charge in [0.25, 0.3) is 7.82 Å². The lowest BCUT2D eigenvalue weighted by Gasteiger charge is -2.30. The van der Waals surface area contributed by atoms with Gasteiger partial charge in [-0.05, 0) is 12.8 Å². The van der Waals surface area contributed by atoms with E-state index in [1.807, 2.05) is 21.1 Å². The summed E-state index contributed by atoms with van der Waals surface area (Å²) in [4.78, 5) is 25.1. The maximum atomic E-state index is 12.7. The number of hydrogen-bond donors (Lipinski definition) is 2. The lowest BCUT2D eigenvalue weighted by molar-refractivity contribution is -0.870. The van der Waals surface area contributed by atoms with E-state index < -0.39 is 20.0 Å². The van der Waals surface area contributed by atoms with Gasteiger partial charge >= 0.3 is 0 Å². The first-order valence-electron chi connectivity index (χ1n) is 19.4. The van der Waals surface area contributed by atoms with Gasteiger partial charge in [-0.25, -0.2) is 0 Å². The molecule has 0 aromatic heterocycles. The van der Waals surface area contributed by atoms with Crippen LogP contribution in [0.15, 0.2) is 0 Å². The van der Waals surface area contributed by atoms with E-state index in [0.29, 0.717) is 23.9 Å². The first-order chi connectivity index (χ1) is 22.0. The van der Waals surface area contributed by atoms with Crippen LogP contribution in [-0.4, -0.2) is 68.5 Å². The molecular formula is C37H77N2O6P. The Labute approximate surface area is 285 Å². The number of aliphatic hydroxyl groups excluding tert-OH is 1. The summed E-state index contributed by atoms with van der Waals surface area (Å²) in [5, 5.41) is 13.8. The maximum absolute atomic E-state index is 12.7. The number of likely N-dealkylation sites (N-methyl/N-ethyl adjacent to an activating group) is 1. The van der Waals surface area contributed by atoms with E-state index in [-0.39, 0.29) is 19.1 Å². The van der Waals surface area contributed by atoms with Gasteiger partial charge in [0.05, 0.1) is 39.9 Å². The number of nitrogens with one attached hydrogen (secondary N) is 1. The molecule has 8 nitrogen and oxygen atoms in total. The largest absolute Gasteiger partial charge is 0.756 e. The fourth-order valence-electron chi connectivity index (χ4n) is 5.69. The molecular weight excluding hydrogens is 599 g/mol. The third-order valence-electron chi connectivity index (χ3n) is 8.85. The van der Waals surface area contributed by atoms with Crippen molar-refractivity contribution in [3.8, 4) is 0 Å². The summed E-state index contributed by atoms with van der Waals surface area (Å²) in [6.45, 7) is 4.70. The second-order valence-corrected chi connectivity index (χ2v) is 16.1. The highest BCUT2D eigenvalue weighted by molar-refractivity contribution is 7.45. The zero-order chi connectivity index (χ0) is 34.4. The minimum atomic E-state index is -4.55. The molecule has 2 N–H and O–H groups in total. The van der Waals surface area contributed by atoms with Crippen molar-refractivity contribution in [2.24, 2.45) is 0 Å². The molecule has 3 atom stereocenters. The van der Waals surface area contributed by atoms with E-state index in [1.165, 1.54) is 116 Å². The second-order valence-electron chi connectivity index (χ2n) is 14.6. The third kappa shape index (κ3) is 32.1. The van der Waals surface area contributed by atoms with E-state index in [2.05, 4.69) is 19.2 Å². The number of quaternary nitrogens is 1. The number of aliphatic hydroxyl groups is 1. The molecule has 0 bridgehead atoms. The van der Waals surface area contributed by atoms with Crippen molar-refractivity contribution in [1.82, 2.24) is 5.32 Å². The predicted octanol–water partition coefficient (Wildman–Crippen LogP) is 9.22. The highest BCUT2D eigenvalue weighted by Crippen LogP contribution is 2.38. The van der Waals surface area contributed by atoms with Crippen LogP contribution in [0.2, 0.25) is 0 Å². The van der Waals surface area contributed by atoms with Crippen molar-refractivity contribution in [2.75, 3.05) is 40.9 Å². The molecule has 0 aliphatic heterocycles. The van der Waals surface area contributed by atoms with E-state index in [0.717, 1.165) is 38.5 Å². The number of carbonyl (C=O) groups excluding carboxylic acids is 1. The van der Waals surface area contributed by atoms with Gasteiger partial charge in [0, 0.05) is 6.42 Å². The Morgan fingerprint density at radius 3 is 1.48 bits per heavy atom. The Balaban J connectivity index is 4.43. The molecule has 46 heavy (non-hydrogen) atoms. The summed E-state index contributed by atoms with van der Waals surface area (Å²) >= 11 is 0. The van der Waals surface area contributed by atoms with Crippen LogP contribution in [0, 0.1) is 0 Å². The van der Waals surface area contributed by atoms with Gasteiger partial charge in [0.15, 0.2) is 0 Å². The summed E-state index contributed by atoms with van der Waals surface area (Å²) in [7, 11) is 1.31. The van der Waals surface area contributed by atoms with Crippen LogP contribution in [0.25, 0.3) is 0 Å². The quantitative estimate of drug-likeness (QED) is 0.0394. The molecule has 0 heterocycles. The Morgan fingerprint density at radius 2 is 1.07 bits per heavy atom. The number of phosphoric ester groups is 1. The highest BCUT2D eigenvalue weighted by Gasteiger charge is 2.24. The van der Waals surface area contributed by atoms with Crippen LogP contribution in [0.4, 0.5) is 0 Å². The average molecular weight is 677 g/mol. The molecule has 1 amide bonds. The Bertz CT molecular complexity index is 733. The molecule has 0 saturated heterocycles. The molecule has 0 aliphatic rings. The standard InChI is InChI=1S/C37H77N2O6P/c1-6-8-10-12-14-16-18-19-20-21-22-24-26-28-30-36(40)35(34-45-46(42,43)44-33-32-39(3,4)5)38-37(41)31-29-27-25-23-17-15-13-11-9-7-2/h35-36,40H,6-34H2,1-5H3,(H-,38,41,42,43). The molecule has 0 aromatic carbocycles. The number of carbonyl (C=O) groups is 1. The molecule has 0 rings (SSSR count). The topological polar surface area (TPSA) is 108 Å². The summed E-state index contributed by atoms with van der Waals surface area (Å²) < 4.78 is 23.1. The predicted molar refractivity (Wildman–Crippen MR) is 192 cm³/mol. The van der Waals surface area contributed by atoms with Gasteiger partial charge in [-0.2, -0.15) is 0 Å². The number of rotatable bonds is 35. The van der Waals surface area contributed by atoms with E-state index in [4.69, 9.17) is 9.05 Å². The van der Waals surface area contributed by atoms with Gasteiger partial charge in [-0.15, -0.1) is 0 Å². The van der Waals surface area contributed by atoms with Crippen molar-refractivity contribution in [1.29, 1.82) is 0 Å². The number of phosphoric acid groups is 1. The smallest absolute Gasteiger partial charge is 0.268 e. The minimum absolute atomic E-state index is 0.0155. The van der Waals surface area contributed by atoms with Crippen molar-refractivity contribution in [3.63, 3.8) is 0 Å². The summed E-state index contributed by atoms with van der Waals surface area (Å²) in [5.41, 5.74) is 0. The Hall–Kier alpha value is -0.500. The normalized spacial score (nSPS) is 14.7. The molecule has 0 fully saturated rings. The number of amides is 1.